The van der Waals surface area contributed by atoms with Crippen LogP contribution in [0.15, 0.2) is 69.0 Å². The average molecular weight is 718 g/mol. The number of rotatable bonds is 6. The Labute approximate surface area is 243 Å². The third-order valence-electron chi connectivity index (χ3n) is 5.05. The maximum Gasteiger partial charge on any atom is 0.335 e. The topological polar surface area (TPSA) is 79.2 Å². The van der Waals surface area contributed by atoms with Crippen molar-refractivity contribution in [2.45, 2.75) is 6.61 Å². The molecule has 0 aromatic heterocycles. The van der Waals surface area contributed by atoms with Gasteiger partial charge in [0.05, 0.1) is 24.2 Å². The summed E-state index contributed by atoms with van der Waals surface area (Å²) in [6.45, 7) is 0.275. The number of aliphatic imine (C=N–C) groups is 1. The quantitative estimate of drug-likeness (QED) is 0.208. The zero-order chi connectivity index (χ0) is 26.0. The van der Waals surface area contributed by atoms with Crippen LogP contribution in [0.2, 0.25) is 10.0 Å². The first kappa shape index (κ1) is 27.0. The Morgan fingerprint density at radius 2 is 1.92 bits per heavy atom. The van der Waals surface area contributed by atoms with Crippen molar-refractivity contribution < 1.29 is 19.4 Å². The first-order valence-electron chi connectivity index (χ1n) is 10.3. The molecular weight excluding hydrogens is 702 g/mol. The number of amidine groups is 1. The van der Waals surface area contributed by atoms with E-state index in [2.05, 4.69) is 43.5 Å². The fourth-order valence-corrected chi connectivity index (χ4v) is 6.40. The van der Waals surface area contributed by atoms with Gasteiger partial charge in [-0.2, -0.15) is 0 Å². The average Bonchev–Trinajstić information content (AvgIpc) is 3.07. The molecule has 36 heavy (non-hydrogen) atoms. The van der Waals surface area contributed by atoms with Crippen LogP contribution in [0.4, 0.5) is 5.69 Å². The number of carboxylic acid groups (broad SMARTS) is 1. The number of nitrogens with zero attached hydrogens (tertiary/aromatic N) is 2. The first-order valence-corrected chi connectivity index (χ1v) is 13.7. The van der Waals surface area contributed by atoms with Crippen LogP contribution in [0, 0.1) is 3.57 Å². The van der Waals surface area contributed by atoms with Crippen molar-refractivity contribution in [2.24, 2.45) is 4.99 Å². The van der Waals surface area contributed by atoms with E-state index in [4.69, 9.17) is 33.0 Å². The molecule has 0 radical (unpaired) electrons. The smallest absolute Gasteiger partial charge is 0.335 e. The van der Waals surface area contributed by atoms with Gasteiger partial charge in [0.15, 0.2) is 5.17 Å². The van der Waals surface area contributed by atoms with Crippen LogP contribution in [0.5, 0.6) is 5.75 Å². The van der Waals surface area contributed by atoms with Crippen LogP contribution in [0.3, 0.4) is 0 Å². The highest BCUT2D eigenvalue weighted by atomic mass is 127. The lowest BCUT2D eigenvalue weighted by Crippen LogP contribution is -2.23. The van der Waals surface area contributed by atoms with E-state index in [1.54, 1.807) is 37.4 Å². The van der Waals surface area contributed by atoms with Gasteiger partial charge in [-0.25, -0.2) is 9.79 Å². The van der Waals surface area contributed by atoms with E-state index in [0.29, 0.717) is 31.6 Å². The third kappa shape index (κ3) is 6.25. The molecule has 0 aliphatic carbocycles. The van der Waals surface area contributed by atoms with Crippen molar-refractivity contribution in [1.82, 2.24) is 4.90 Å². The minimum Gasteiger partial charge on any atom is -0.487 e. The maximum absolute atomic E-state index is 12.8. The highest BCUT2D eigenvalue weighted by Gasteiger charge is 2.30. The van der Waals surface area contributed by atoms with Gasteiger partial charge in [-0.05, 0) is 110 Å². The minimum atomic E-state index is -1.01. The summed E-state index contributed by atoms with van der Waals surface area (Å²) in [5.74, 6) is -0.518. The van der Waals surface area contributed by atoms with Crippen molar-refractivity contribution in [3.63, 3.8) is 0 Å². The summed E-state index contributed by atoms with van der Waals surface area (Å²) in [7, 11) is 1.65. The number of hydrogen-bond donors (Lipinski definition) is 1. The summed E-state index contributed by atoms with van der Waals surface area (Å²) in [6.07, 6.45) is 1.80. The fraction of sp³-hybridized carbons (Fsp3) is 0.0800. The number of amides is 1. The highest BCUT2D eigenvalue weighted by molar-refractivity contribution is 14.1. The lowest BCUT2D eigenvalue weighted by Gasteiger charge is -2.12. The molecule has 4 rings (SSSR count). The second-order valence-corrected chi connectivity index (χ2v) is 11.4. The number of thioether (sulfide) groups is 1. The predicted octanol–water partition coefficient (Wildman–Crippen LogP) is 7.87. The fourth-order valence-electron chi connectivity index (χ4n) is 3.18. The van der Waals surface area contributed by atoms with Gasteiger partial charge in [-0.3, -0.25) is 9.69 Å². The lowest BCUT2D eigenvalue weighted by atomic mass is 10.2. The molecule has 0 saturated carbocycles. The zero-order valence-corrected chi connectivity index (χ0v) is 24.5. The predicted molar refractivity (Wildman–Crippen MR) is 156 cm³/mol. The Morgan fingerprint density at radius 3 is 2.56 bits per heavy atom. The molecule has 1 N–H and O–H groups in total. The van der Waals surface area contributed by atoms with Crippen LogP contribution in [-0.2, 0) is 11.4 Å². The molecule has 1 amide bonds. The normalized spacial score (nSPS) is 15.7. The van der Waals surface area contributed by atoms with E-state index in [-0.39, 0.29) is 18.1 Å². The molecular formula is C25H16BrCl2IN2O4S. The molecule has 184 valence electrons. The third-order valence-corrected chi connectivity index (χ3v) is 8.09. The van der Waals surface area contributed by atoms with Gasteiger partial charge in [-0.1, -0.05) is 29.3 Å². The van der Waals surface area contributed by atoms with Gasteiger partial charge in [0.2, 0.25) is 0 Å². The Balaban J connectivity index is 1.52. The molecule has 3 aromatic rings. The van der Waals surface area contributed by atoms with Crippen molar-refractivity contribution in [2.75, 3.05) is 7.05 Å². The molecule has 11 heteroatoms. The SMILES string of the molecule is CN1C(=O)/C(=C/c2cc(Br)c(OCc3ccc(Cl)cc3Cl)c(I)c2)SC1=Nc1ccc(C(=O)O)cc1. The standard InChI is InChI=1S/C25H16BrCl2IN2O4S/c1-31-23(32)21(36-25(31)30-17-6-3-14(4-7-17)24(33)34)10-13-8-18(26)22(20(29)9-13)35-12-15-2-5-16(27)11-19(15)28/h2-11H,12H2,1H3,(H,33,34)/b21-10-,30-25?. The number of halogens is 4. The molecule has 1 aliphatic rings. The number of hydrogen-bond acceptors (Lipinski definition) is 5. The van der Waals surface area contributed by atoms with E-state index < -0.39 is 5.97 Å². The zero-order valence-electron chi connectivity index (χ0n) is 18.5. The van der Waals surface area contributed by atoms with E-state index in [9.17, 15) is 9.59 Å². The summed E-state index contributed by atoms with van der Waals surface area (Å²) >= 11 is 19.2. The molecule has 0 spiro atoms. The molecule has 6 nitrogen and oxygen atoms in total. The molecule has 0 bridgehead atoms. The summed E-state index contributed by atoms with van der Waals surface area (Å²) in [6, 6.07) is 15.2. The molecule has 1 aliphatic heterocycles. The van der Waals surface area contributed by atoms with Crippen LogP contribution in [-0.4, -0.2) is 34.1 Å². The lowest BCUT2D eigenvalue weighted by molar-refractivity contribution is -0.121. The molecule has 1 heterocycles. The Hall–Kier alpha value is -2.05. The largest absolute Gasteiger partial charge is 0.487 e. The van der Waals surface area contributed by atoms with Crippen molar-refractivity contribution in [3.05, 3.63) is 94.3 Å². The highest BCUT2D eigenvalue weighted by Crippen LogP contribution is 2.37. The molecule has 0 unspecified atom stereocenters. The number of carbonyl (C=O) groups is 2. The first-order chi connectivity index (χ1) is 17.1. The number of carboxylic acids is 1. The minimum absolute atomic E-state index is 0.173. The summed E-state index contributed by atoms with van der Waals surface area (Å²) in [5.41, 5.74) is 2.37. The van der Waals surface area contributed by atoms with Crippen LogP contribution < -0.4 is 4.74 Å². The number of carbonyl (C=O) groups excluding carboxylic acids is 1. The molecule has 0 atom stereocenters. The van der Waals surface area contributed by atoms with Gasteiger partial charge in [-0.15, -0.1) is 0 Å². The van der Waals surface area contributed by atoms with Gasteiger partial charge in [0.25, 0.3) is 5.91 Å². The monoisotopic (exact) mass is 716 g/mol. The molecule has 1 fully saturated rings. The van der Waals surface area contributed by atoms with E-state index in [1.165, 1.54) is 28.8 Å². The second kappa shape index (κ2) is 11.6. The molecule has 3 aromatic carbocycles. The van der Waals surface area contributed by atoms with Crippen LogP contribution in [0.25, 0.3) is 6.08 Å². The summed E-state index contributed by atoms with van der Waals surface area (Å²) < 4.78 is 7.60. The Morgan fingerprint density at radius 1 is 1.19 bits per heavy atom. The van der Waals surface area contributed by atoms with Gasteiger partial charge in [0.1, 0.15) is 12.4 Å². The van der Waals surface area contributed by atoms with Crippen molar-refractivity contribution >= 4 is 102 Å². The summed E-state index contributed by atoms with van der Waals surface area (Å²) in [5, 5.41) is 10.6. The van der Waals surface area contributed by atoms with E-state index in [0.717, 1.165) is 19.2 Å². The Bertz CT molecular complexity index is 1410. The van der Waals surface area contributed by atoms with Crippen molar-refractivity contribution in [3.8, 4) is 5.75 Å². The van der Waals surface area contributed by atoms with Crippen molar-refractivity contribution in [1.29, 1.82) is 0 Å². The van der Waals surface area contributed by atoms with Gasteiger partial charge >= 0.3 is 5.97 Å². The summed E-state index contributed by atoms with van der Waals surface area (Å²) in [4.78, 5) is 30.3. The van der Waals surface area contributed by atoms with Crippen LogP contribution >= 0.6 is 73.5 Å². The second-order valence-electron chi connectivity index (χ2n) is 7.56. The number of ether oxygens (including phenoxy) is 1. The molecule has 1 saturated heterocycles. The Kier molecular flexibility index (Phi) is 8.67. The van der Waals surface area contributed by atoms with Crippen LogP contribution in [0.1, 0.15) is 21.5 Å². The number of aromatic carboxylic acids is 1. The number of benzene rings is 3. The van der Waals surface area contributed by atoms with Gasteiger partial charge < -0.3 is 9.84 Å². The van der Waals surface area contributed by atoms with E-state index in [1.807, 2.05) is 18.2 Å². The van der Waals surface area contributed by atoms with Gasteiger partial charge in [0, 0.05) is 22.7 Å². The van der Waals surface area contributed by atoms with E-state index >= 15 is 0 Å². The number of likely N-dealkylation sites (N-methyl/N-ethyl adjacent to an activating group) is 1. The maximum atomic E-state index is 12.8.